The van der Waals surface area contributed by atoms with Crippen LogP contribution in [0.5, 0.6) is 0 Å². The zero-order valence-electron chi connectivity index (χ0n) is 12.0. The number of ether oxygens (including phenoxy) is 1. The molecule has 3 rings (SSSR count). The molecule has 1 N–H and O–H groups in total. The Labute approximate surface area is 122 Å². The quantitative estimate of drug-likeness (QED) is 0.830. The number of carbonyl (C=O) groups excluding carboxylic acids is 2. The van der Waals surface area contributed by atoms with E-state index in [1.54, 1.807) is 11.1 Å². The maximum absolute atomic E-state index is 12.4. The molecule has 2 aliphatic rings. The van der Waals surface area contributed by atoms with Gasteiger partial charge in [0.15, 0.2) is 0 Å². The number of nitrogens with zero attached hydrogens (tertiary/aromatic N) is 3. The first kappa shape index (κ1) is 13.8. The fraction of sp³-hybridized carbons (Fsp3) is 0.571. The van der Waals surface area contributed by atoms with Crippen LogP contribution >= 0.6 is 0 Å². The average Bonchev–Trinajstić information content (AvgIpc) is 2.71. The van der Waals surface area contributed by atoms with Crippen LogP contribution in [-0.2, 0) is 4.74 Å². The number of rotatable bonds is 1. The minimum absolute atomic E-state index is 0.114. The number of alkyl carbamates (subject to hydrolysis) is 1. The van der Waals surface area contributed by atoms with Crippen LogP contribution in [-0.4, -0.2) is 52.1 Å². The van der Waals surface area contributed by atoms with Gasteiger partial charge in [-0.3, -0.25) is 9.78 Å². The Morgan fingerprint density at radius 3 is 2.86 bits per heavy atom. The van der Waals surface area contributed by atoms with Gasteiger partial charge in [0.1, 0.15) is 11.3 Å². The molecule has 7 nitrogen and oxygen atoms in total. The van der Waals surface area contributed by atoms with Gasteiger partial charge < -0.3 is 15.0 Å². The summed E-state index contributed by atoms with van der Waals surface area (Å²) in [7, 11) is 0. The third-order valence-corrected chi connectivity index (χ3v) is 4.05. The molecule has 7 heteroatoms. The Morgan fingerprint density at radius 1 is 1.33 bits per heavy atom. The van der Waals surface area contributed by atoms with E-state index in [-0.39, 0.29) is 12.0 Å². The van der Waals surface area contributed by atoms with Crippen molar-refractivity contribution in [3.8, 4) is 0 Å². The first-order valence-electron chi connectivity index (χ1n) is 7.13. The zero-order chi connectivity index (χ0) is 14.9. The van der Waals surface area contributed by atoms with E-state index in [2.05, 4.69) is 15.3 Å². The first-order chi connectivity index (χ1) is 10.1. The topological polar surface area (TPSA) is 84.4 Å². The van der Waals surface area contributed by atoms with E-state index in [1.165, 1.54) is 6.20 Å². The van der Waals surface area contributed by atoms with Crippen LogP contribution in [0.15, 0.2) is 12.4 Å². The molecule has 2 saturated heterocycles. The van der Waals surface area contributed by atoms with Gasteiger partial charge in [-0.2, -0.15) is 0 Å². The maximum atomic E-state index is 12.4. The third-order valence-electron chi connectivity index (χ3n) is 4.05. The number of nitrogens with one attached hydrogen (secondary N) is 1. The molecule has 112 valence electrons. The number of hydrogen-bond acceptors (Lipinski definition) is 5. The number of aryl methyl sites for hydroxylation is 1. The monoisotopic (exact) mass is 290 g/mol. The van der Waals surface area contributed by atoms with Crippen LogP contribution in [0.2, 0.25) is 0 Å². The van der Waals surface area contributed by atoms with Crippen molar-refractivity contribution in [3.05, 3.63) is 23.8 Å². The Kier molecular flexibility index (Phi) is 3.48. The van der Waals surface area contributed by atoms with E-state index < -0.39 is 5.60 Å². The van der Waals surface area contributed by atoms with Crippen molar-refractivity contribution in [2.45, 2.75) is 31.8 Å². The van der Waals surface area contributed by atoms with Crippen molar-refractivity contribution in [1.29, 1.82) is 0 Å². The first-order valence-corrected chi connectivity index (χ1v) is 7.13. The summed E-state index contributed by atoms with van der Waals surface area (Å²) < 4.78 is 5.40. The summed E-state index contributed by atoms with van der Waals surface area (Å²) in [4.78, 5) is 33.7. The van der Waals surface area contributed by atoms with Gasteiger partial charge >= 0.3 is 6.09 Å². The van der Waals surface area contributed by atoms with Crippen LogP contribution in [0.1, 0.15) is 35.4 Å². The fourth-order valence-corrected chi connectivity index (χ4v) is 2.82. The lowest BCUT2D eigenvalue weighted by Gasteiger charge is -2.24. The molecule has 1 spiro atoms. The van der Waals surface area contributed by atoms with E-state index in [9.17, 15) is 9.59 Å². The Balaban J connectivity index is 1.68. The average molecular weight is 290 g/mol. The summed E-state index contributed by atoms with van der Waals surface area (Å²) in [5.74, 6) is -0.114. The molecule has 0 saturated carbocycles. The summed E-state index contributed by atoms with van der Waals surface area (Å²) in [6, 6.07) is 0. The van der Waals surface area contributed by atoms with Crippen molar-refractivity contribution in [2.24, 2.45) is 0 Å². The number of carbonyl (C=O) groups is 2. The van der Waals surface area contributed by atoms with Gasteiger partial charge in [0.05, 0.1) is 18.4 Å². The summed E-state index contributed by atoms with van der Waals surface area (Å²) in [6.07, 6.45) is 4.97. The van der Waals surface area contributed by atoms with Crippen molar-refractivity contribution >= 4 is 12.0 Å². The molecule has 0 radical (unpaired) electrons. The highest BCUT2D eigenvalue weighted by Gasteiger charge is 2.41. The number of amides is 2. The number of likely N-dealkylation sites (tertiary alicyclic amines) is 1. The predicted octanol–water partition coefficient (Wildman–Crippen LogP) is 0.890. The molecular formula is C14H18N4O3. The lowest BCUT2D eigenvalue weighted by atomic mass is 9.95. The number of aromatic nitrogens is 2. The van der Waals surface area contributed by atoms with Crippen molar-refractivity contribution in [1.82, 2.24) is 20.2 Å². The second-order valence-electron chi connectivity index (χ2n) is 5.61. The molecule has 0 bridgehead atoms. The molecule has 1 aromatic rings. The van der Waals surface area contributed by atoms with Crippen LogP contribution in [0, 0.1) is 6.92 Å². The molecule has 0 aromatic carbocycles. The minimum atomic E-state index is -0.453. The molecule has 21 heavy (non-hydrogen) atoms. The Hall–Kier alpha value is -2.18. The van der Waals surface area contributed by atoms with Gasteiger partial charge in [-0.05, 0) is 19.8 Å². The summed E-state index contributed by atoms with van der Waals surface area (Å²) in [5.41, 5.74) is 0.689. The van der Waals surface area contributed by atoms with Gasteiger partial charge in [0, 0.05) is 25.7 Å². The second-order valence-corrected chi connectivity index (χ2v) is 5.61. The summed E-state index contributed by atoms with van der Waals surface area (Å²) in [6.45, 7) is 3.56. The normalized spacial score (nSPS) is 25.4. The van der Waals surface area contributed by atoms with Gasteiger partial charge in [-0.1, -0.05) is 0 Å². The van der Waals surface area contributed by atoms with Crippen LogP contribution in [0.25, 0.3) is 0 Å². The van der Waals surface area contributed by atoms with Crippen molar-refractivity contribution in [2.75, 3.05) is 19.6 Å². The van der Waals surface area contributed by atoms with Crippen LogP contribution in [0.4, 0.5) is 4.79 Å². The maximum Gasteiger partial charge on any atom is 0.407 e. The molecule has 2 amide bonds. The number of hydrogen-bond donors (Lipinski definition) is 1. The van der Waals surface area contributed by atoms with E-state index in [0.717, 1.165) is 18.5 Å². The molecule has 1 atom stereocenters. The second kappa shape index (κ2) is 5.31. The highest BCUT2D eigenvalue weighted by molar-refractivity contribution is 5.92. The summed E-state index contributed by atoms with van der Waals surface area (Å²) in [5, 5.41) is 2.70. The molecular weight excluding hydrogens is 272 g/mol. The van der Waals surface area contributed by atoms with E-state index in [4.69, 9.17) is 4.74 Å². The Morgan fingerprint density at radius 2 is 2.19 bits per heavy atom. The summed E-state index contributed by atoms with van der Waals surface area (Å²) >= 11 is 0. The highest BCUT2D eigenvalue weighted by Crippen LogP contribution is 2.29. The predicted molar refractivity (Wildman–Crippen MR) is 73.7 cm³/mol. The van der Waals surface area contributed by atoms with Gasteiger partial charge in [0.25, 0.3) is 5.91 Å². The van der Waals surface area contributed by atoms with E-state index >= 15 is 0 Å². The van der Waals surface area contributed by atoms with Gasteiger partial charge in [-0.15, -0.1) is 0 Å². The molecule has 1 aromatic heterocycles. The van der Waals surface area contributed by atoms with Crippen LogP contribution < -0.4 is 5.32 Å². The SMILES string of the molecule is Cc1cnc(C(=O)N2CCCC3(CC2)CNC(=O)O3)cn1. The van der Waals surface area contributed by atoms with E-state index in [1.807, 2.05) is 6.92 Å². The molecule has 0 aliphatic carbocycles. The highest BCUT2D eigenvalue weighted by atomic mass is 16.6. The van der Waals surface area contributed by atoms with Crippen LogP contribution in [0.3, 0.4) is 0 Å². The largest absolute Gasteiger partial charge is 0.441 e. The van der Waals surface area contributed by atoms with Gasteiger partial charge in [0.2, 0.25) is 0 Å². The lowest BCUT2D eigenvalue weighted by Crippen LogP contribution is -2.36. The lowest BCUT2D eigenvalue weighted by molar-refractivity contribution is 0.0438. The smallest absolute Gasteiger partial charge is 0.407 e. The fourth-order valence-electron chi connectivity index (χ4n) is 2.82. The molecule has 3 heterocycles. The van der Waals surface area contributed by atoms with Crippen molar-refractivity contribution < 1.29 is 14.3 Å². The molecule has 2 aliphatic heterocycles. The van der Waals surface area contributed by atoms with Crippen molar-refractivity contribution in [3.63, 3.8) is 0 Å². The zero-order valence-corrected chi connectivity index (χ0v) is 12.0. The Bertz CT molecular complexity index is 560. The minimum Gasteiger partial charge on any atom is -0.441 e. The van der Waals surface area contributed by atoms with Gasteiger partial charge in [-0.25, -0.2) is 9.78 Å². The molecule has 2 fully saturated rings. The third kappa shape index (κ3) is 2.81. The standard InChI is InChI=1S/C14H18N4O3/c1-10-7-16-11(8-15-10)12(19)18-5-2-3-14(4-6-18)9-17-13(20)21-14/h7-8H,2-6,9H2,1H3,(H,17,20). The molecule has 1 unspecified atom stereocenters. The van der Waals surface area contributed by atoms with E-state index in [0.29, 0.717) is 31.7 Å².